The fraction of sp³-hybridized carbons (Fsp3) is 0.767. The molecule has 0 aromatic carbocycles. The molecule has 4 saturated heterocycles. The molecule has 12 heteroatoms. The predicted octanol–water partition coefficient (Wildman–Crippen LogP) is 6.07. The molecule has 1 spiro atoms. The van der Waals surface area contributed by atoms with E-state index in [1.807, 2.05) is 19.1 Å². The second-order valence-electron chi connectivity index (χ2n) is 17.4. The van der Waals surface area contributed by atoms with Crippen molar-refractivity contribution in [3.8, 4) is 0 Å². The summed E-state index contributed by atoms with van der Waals surface area (Å²) < 4.78 is 45.1. The minimum Gasteiger partial charge on any atom is -0.462 e. The number of rotatable bonds is 4. The number of methoxy groups -OCH3 is 1. The standard InChI is InChI=1S/C43H63NO11/c1-24-11-10-14-30-23-50-40-36(44-48)27(4)19-33(43(30,40)47)41(46)52-32-20-31(16-15-25(2)38(24)53-35-21-34(49-6)37(45)28(5)51-35)54-42(22-32)18-17-26(3)39(55-42)29-12-8-7-9-13-29/h10-11,14-15,19,24,26,28-29,31-35,37-40,45,47-48H,7-9,12-13,16-18,20-23H2,1-6H3/b11-10+,25-15+,30-14+,44-36+/t24-,26+,28+,31-,32+,33+,34+,35+,37+,38+,39+,40+,42-,43-/m1/s1. The van der Waals surface area contributed by atoms with Gasteiger partial charge in [0.05, 0.1) is 37.1 Å². The van der Waals surface area contributed by atoms with Crippen LogP contribution in [-0.4, -0.2) is 107 Å². The number of hydrogen-bond acceptors (Lipinski definition) is 12. The Balaban J connectivity index is 1.25. The van der Waals surface area contributed by atoms with E-state index in [0.29, 0.717) is 55.1 Å². The normalized spacial score (nSPS) is 47.9. The van der Waals surface area contributed by atoms with Crippen LogP contribution in [-0.2, 0) is 38.0 Å². The van der Waals surface area contributed by atoms with Gasteiger partial charge in [-0.15, -0.1) is 0 Å². The van der Waals surface area contributed by atoms with Gasteiger partial charge in [0.15, 0.2) is 12.1 Å². The summed E-state index contributed by atoms with van der Waals surface area (Å²) in [6, 6.07) is 0. The molecule has 0 aromatic heterocycles. The molecule has 2 bridgehead atoms. The van der Waals surface area contributed by atoms with Gasteiger partial charge in [0.2, 0.25) is 0 Å². The summed E-state index contributed by atoms with van der Waals surface area (Å²) in [4.78, 5) is 14.4. The van der Waals surface area contributed by atoms with Gasteiger partial charge < -0.3 is 48.6 Å². The fourth-order valence-electron chi connectivity index (χ4n) is 10.4. The zero-order valence-corrected chi connectivity index (χ0v) is 33.4. The van der Waals surface area contributed by atoms with E-state index in [-0.39, 0.29) is 30.4 Å². The van der Waals surface area contributed by atoms with Crippen molar-refractivity contribution in [1.82, 2.24) is 0 Å². The van der Waals surface area contributed by atoms with Gasteiger partial charge >= 0.3 is 5.97 Å². The quantitative estimate of drug-likeness (QED) is 0.132. The molecule has 5 heterocycles. The second-order valence-corrected chi connectivity index (χ2v) is 17.4. The van der Waals surface area contributed by atoms with Gasteiger partial charge in [-0.3, -0.25) is 4.79 Å². The zero-order chi connectivity index (χ0) is 39.1. The number of oxime groups is 1. The molecule has 5 aliphatic heterocycles. The molecular formula is C43H63NO11. The van der Waals surface area contributed by atoms with Crippen molar-refractivity contribution in [2.45, 2.75) is 172 Å². The number of hydrogen-bond donors (Lipinski definition) is 3. The molecule has 0 aromatic rings. The van der Waals surface area contributed by atoms with Gasteiger partial charge in [0, 0.05) is 38.7 Å². The van der Waals surface area contributed by atoms with Crippen molar-refractivity contribution in [2.24, 2.45) is 28.8 Å². The van der Waals surface area contributed by atoms with E-state index in [9.17, 15) is 20.2 Å². The van der Waals surface area contributed by atoms with Gasteiger partial charge in [-0.2, -0.15) is 0 Å². The van der Waals surface area contributed by atoms with Crippen molar-refractivity contribution in [2.75, 3.05) is 13.7 Å². The van der Waals surface area contributed by atoms with Crippen LogP contribution in [0.15, 0.2) is 52.3 Å². The van der Waals surface area contributed by atoms with E-state index >= 15 is 0 Å². The summed E-state index contributed by atoms with van der Waals surface area (Å²) in [6.45, 7) is 10.0. The minimum atomic E-state index is -1.83. The first kappa shape index (κ1) is 40.8. The molecule has 0 radical (unpaired) electrons. The predicted molar refractivity (Wildman–Crippen MR) is 203 cm³/mol. The number of aliphatic hydroxyl groups is 2. The van der Waals surface area contributed by atoms with E-state index in [2.05, 4.69) is 32.0 Å². The number of allylic oxidation sites excluding steroid dienone is 2. The Labute approximate surface area is 325 Å². The summed E-state index contributed by atoms with van der Waals surface area (Å²) in [7, 11) is 1.59. The maximum absolute atomic E-state index is 14.4. The smallest absolute Gasteiger partial charge is 0.316 e. The van der Waals surface area contributed by atoms with Crippen LogP contribution < -0.4 is 0 Å². The molecule has 5 fully saturated rings. The highest BCUT2D eigenvalue weighted by Gasteiger charge is 2.60. The van der Waals surface area contributed by atoms with Crippen LogP contribution in [0.4, 0.5) is 0 Å². The maximum Gasteiger partial charge on any atom is 0.316 e. The van der Waals surface area contributed by atoms with Crippen LogP contribution in [0.25, 0.3) is 0 Å². The Kier molecular flexibility index (Phi) is 12.5. The molecule has 12 nitrogen and oxygen atoms in total. The summed E-state index contributed by atoms with van der Waals surface area (Å²) in [6.07, 6.45) is 14.4. The summed E-state index contributed by atoms with van der Waals surface area (Å²) in [5.74, 6) is -1.83. The lowest BCUT2D eigenvalue weighted by atomic mass is 9.71. The Bertz CT molecular complexity index is 1550. The monoisotopic (exact) mass is 769 g/mol. The van der Waals surface area contributed by atoms with Crippen LogP contribution in [0.5, 0.6) is 0 Å². The maximum atomic E-state index is 14.4. The molecule has 2 aliphatic carbocycles. The highest BCUT2D eigenvalue weighted by Crippen LogP contribution is 2.48. The lowest BCUT2D eigenvalue weighted by Gasteiger charge is -2.51. The number of nitrogens with zero attached hydrogens (tertiary/aromatic N) is 1. The Hall–Kier alpha value is -2.42. The third-order valence-corrected chi connectivity index (χ3v) is 13.6. The van der Waals surface area contributed by atoms with Crippen LogP contribution >= 0.6 is 0 Å². The van der Waals surface area contributed by atoms with Gasteiger partial charge in [0.1, 0.15) is 35.5 Å². The van der Waals surface area contributed by atoms with Crippen LogP contribution in [0.3, 0.4) is 0 Å². The first-order valence-electron chi connectivity index (χ1n) is 20.7. The molecule has 3 N–H and O–H groups in total. The third kappa shape index (κ3) is 8.17. The summed E-state index contributed by atoms with van der Waals surface area (Å²) >= 11 is 0. The molecule has 0 unspecified atom stereocenters. The third-order valence-electron chi connectivity index (χ3n) is 13.6. The number of esters is 1. The van der Waals surface area contributed by atoms with E-state index in [0.717, 1.165) is 24.8 Å². The summed E-state index contributed by atoms with van der Waals surface area (Å²) in [5, 5.41) is 36.7. The minimum absolute atomic E-state index is 0.0359. The highest BCUT2D eigenvalue weighted by atomic mass is 16.7. The van der Waals surface area contributed by atoms with Gasteiger partial charge in [-0.05, 0) is 75.0 Å². The van der Waals surface area contributed by atoms with Crippen molar-refractivity contribution in [1.29, 1.82) is 0 Å². The highest BCUT2D eigenvalue weighted by molar-refractivity contribution is 6.06. The lowest BCUT2D eigenvalue weighted by molar-refractivity contribution is -0.342. The topological polar surface area (TPSA) is 155 Å². The van der Waals surface area contributed by atoms with Gasteiger partial charge in [0.25, 0.3) is 0 Å². The second kappa shape index (κ2) is 16.8. The van der Waals surface area contributed by atoms with E-state index < -0.39 is 66.2 Å². The van der Waals surface area contributed by atoms with Gasteiger partial charge in [-0.25, -0.2) is 0 Å². The van der Waals surface area contributed by atoms with Crippen molar-refractivity contribution >= 4 is 11.7 Å². The molecule has 306 valence electrons. The van der Waals surface area contributed by atoms with Crippen molar-refractivity contribution < 1.29 is 53.4 Å². The van der Waals surface area contributed by atoms with Gasteiger partial charge in [-0.1, -0.05) is 68.6 Å². The number of fused-ring (bicyclic) bond motifs is 2. The molecule has 7 aliphatic rings. The zero-order valence-electron chi connectivity index (χ0n) is 33.4. The average molecular weight is 770 g/mol. The molecule has 1 saturated carbocycles. The summed E-state index contributed by atoms with van der Waals surface area (Å²) in [5.41, 5.74) is 0.362. The fourth-order valence-corrected chi connectivity index (χ4v) is 10.4. The molecule has 7 rings (SSSR count). The Morgan fingerprint density at radius 3 is 2.55 bits per heavy atom. The first-order valence-corrected chi connectivity index (χ1v) is 20.7. The average Bonchev–Trinajstić information content (AvgIpc) is 3.50. The largest absolute Gasteiger partial charge is 0.462 e. The first-order chi connectivity index (χ1) is 26.4. The van der Waals surface area contributed by atoms with Crippen molar-refractivity contribution in [3.63, 3.8) is 0 Å². The Morgan fingerprint density at radius 2 is 1.80 bits per heavy atom. The lowest BCUT2D eigenvalue weighted by Crippen LogP contribution is -2.57. The molecule has 14 atom stereocenters. The van der Waals surface area contributed by atoms with Crippen LogP contribution in [0, 0.1) is 23.7 Å². The number of carbonyl (C=O) groups excluding carboxylic acids is 1. The van der Waals surface area contributed by atoms with E-state index in [4.69, 9.17) is 33.2 Å². The van der Waals surface area contributed by atoms with Crippen LogP contribution in [0.2, 0.25) is 0 Å². The SMILES string of the molecule is CO[C@H]1C[C@H](O[C@@H]2/C(C)=C/C[C@@H]3C[C@@H](C[C@]4(CC[C@H](C)[C@@H](C5CCCCC5)O4)O3)OC(=O)[C@@H]3C=C(C)/C(=N\O)[C@@H]4OC/C(=C\C=C\[C@H]2C)[C@@]34O)O[C@@H](C)[C@@H]1O. The van der Waals surface area contributed by atoms with Crippen LogP contribution in [0.1, 0.15) is 105 Å². The Morgan fingerprint density at radius 1 is 1.02 bits per heavy atom. The van der Waals surface area contributed by atoms with E-state index in [1.165, 1.54) is 19.3 Å². The van der Waals surface area contributed by atoms with Crippen molar-refractivity contribution in [3.05, 3.63) is 47.1 Å². The molecule has 55 heavy (non-hydrogen) atoms. The molecular weight excluding hydrogens is 706 g/mol. The number of ether oxygens (including phenoxy) is 7. The molecule has 0 amide bonds. The van der Waals surface area contributed by atoms with E-state index in [1.54, 1.807) is 26.2 Å². The number of aliphatic hydroxyl groups excluding tert-OH is 1. The number of carbonyl (C=O) groups is 1.